The first-order valence-corrected chi connectivity index (χ1v) is 8.40. The molecule has 0 spiro atoms. The smallest absolute Gasteiger partial charge is 0.337 e. The summed E-state index contributed by atoms with van der Waals surface area (Å²) in [5.41, 5.74) is 1.84. The summed E-state index contributed by atoms with van der Waals surface area (Å²) in [6.07, 6.45) is 5.60. The molecule has 120 valence electrons. The predicted molar refractivity (Wildman–Crippen MR) is 86.9 cm³/mol. The Morgan fingerprint density at radius 3 is 2.59 bits per heavy atom. The quantitative estimate of drug-likeness (QED) is 0.800. The average molecular weight is 302 g/mol. The third kappa shape index (κ3) is 3.68. The van der Waals surface area contributed by atoms with Crippen LogP contribution in [0.5, 0.6) is 0 Å². The number of hydrogen-bond acceptors (Lipinski definition) is 4. The van der Waals surface area contributed by atoms with Crippen LogP contribution >= 0.6 is 0 Å². The fraction of sp³-hybridized carbons (Fsp3) is 0.611. The highest BCUT2D eigenvalue weighted by molar-refractivity contribution is 5.89. The molecule has 1 aliphatic carbocycles. The van der Waals surface area contributed by atoms with Gasteiger partial charge in [-0.1, -0.05) is 25.0 Å². The summed E-state index contributed by atoms with van der Waals surface area (Å²) in [6.45, 7) is 5.53. The molecule has 1 saturated carbocycles. The van der Waals surface area contributed by atoms with E-state index in [0.717, 1.165) is 25.7 Å². The van der Waals surface area contributed by atoms with Crippen molar-refractivity contribution in [3.05, 3.63) is 35.4 Å². The average Bonchev–Trinajstić information content (AvgIpc) is 3.09. The lowest BCUT2D eigenvalue weighted by Gasteiger charge is -2.38. The number of carbonyl (C=O) groups excluding carboxylic acids is 1. The minimum atomic E-state index is -0.257. The molecule has 0 aromatic heterocycles. The number of hydrogen-bond donors (Lipinski definition) is 0. The lowest BCUT2D eigenvalue weighted by molar-refractivity contribution is 0.0600. The molecule has 0 unspecified atom stereocenters. The van der Waals surface area contributed by atoms with E-state index in [4.69, 9.17) is 4.74 Å². The van der Waals surface area contributed by atoms with E-state index in [1.807, 2.05) is 18.2 Å². The van der Waals surface area contributed by atoms with Gasteiger partial charge in [-0.25, -0.2) is 4.79 Å². The van der Waals surface area contributed by atoms with Crippen LogP contribution in [-0.4, -0.2) is 55.1 Å². The number of methoxy groups -OCH3 is 1. The van der Waals surface area contributed by atoms with Gasteiger partial charge in [0, 0.05) is 38.8 Å². The molecule has 1 aromatic carbocycles. The van der Waals surface area contributed by atoms with Gasteiger partial charge in [0.15, 0.2) is 0 Å². The minimum Gasteiger partial charge on any atom is -0.465 e. The van der Waals surface area contributed by atoms with Crippen LogP contribution in [0, 0.1) is 0 Å². The van der Waals surface area contributed by atoms with E-state index in [0.29, 0.717) is 5.56 Å². The first kappa shape index (κ1) is 15.5. The SMILES string of the molecule is COC(=O)c1cccc(CN2CCN(C3CCCC3)CC2)c1. The van der Waals surface area contributed by atoms with Gasteiger partial charge in [-0.15, -0.1) is 0 Å². The summed E-state index contributed by atoms with van der Waals surface area (Å²) in [5, 5.41) is 0. The van der Waals surface area contributed by atoms with Gasteiger partial charge in [0.2, 0.25) is 0 Å². The predicted octanol–water partition coefficient (Wildman–Crippen LogP) is 2.53. The normalized spacial score (nSPS) is 21.1. The zero-order valence-corrected chi connectivity index (χ0v) is 13.5. The van der Waals surface area contributed by atoms with Crippen molar-refractivity contribution in [2.75, 3.05) is 33.3 Å². The molecule has 4 nitrogen and oxygen atoms in total. The Bertz CT molecular complexity index is 504. The van der Waals surface area contributed by atoms with Crippen molar-refractivity contribution < 1.29 is 9.53 Å². The summed E-state index contributed by atoms with van der Waals surface area (Å²) in [5.74, 6) is -0.257. The van der Waals surface area contributed by atoms with E-state index in [1.54, 1.807) is 0 Å². The molecule has 0 amide bonds. The van der Waals surface area contributed by atoms with Crippen molar-refractivity contribution in [2.24, 2.45) is 0 Å². The molecule has 2 aliphatic rings. The lowest BCUT2D eigenvalue weighted by Crippen LogP contribution is -2.49. The molecule has 4 heteroatoms. The Morgan fingerprint density at radius 1 is 1.18 bits per heavy atom. The Kier molecular flexibility index (Phi) is 5.11. The van der Waals surface area contributed by atoms with Crippen LogP contribution in [0.1, 0.15) is 41.6 Å². The summed E-state index contributed by atoms with van der Waals surface area (Å²) >= 11 is 0. The van der Waals surface area contributed by atoms with Crippen LogP contribution in [0.3, 0.4) is 0 Å². The van der Waals surface area contributed by atoms with Crippen LogP contribution in [0.2, 0.25) is 0 Å². The Labute approximate surface area is 133 Å². The van der Waals surface area contributed by atoms with E-state index in [-0.39, 0.29) is 5.97 Å². The zero-order valence-electron chi connectivity index (χ0n) is 13.5. The second-order valence-electron chi connectivity index (χ2n) is 6.44. The molecule has 1 aliphatic heterocycles. The van der Waals surface area contributed by atoms with Crippen LogP contribution in [-0.2, 0) is 11.3 Å². The number of ether oxygens (including phenoxy) is 1. The maximum absolute atomic E-state index is 11.6. The summed E-state index contributed by atoms with van der Waals surface area (Å²) in [4.78, 5) is 16.8. The number of rotatable bonds is 4. The van der Waals surface area contributed by atoms with E-state index >= 15 is 0 Å². The largest absolute Gasteiger partial charge is 0.465 e. The van der Waals surface area contributed by atoms with Crippen molar-refractivity contribution in [1.29, 1.82) is 0 Å². The number of benzene rings is 1. The molecule has 0 bridgehead atoms. The summed E-state index contributed by atoms with van der Waals surface area (Å²) in [6, 6.07) is 8.64. The molecule has 0 radical (unpaired) electrons. The molecule has 3 rings (SSSR count). The molecule has 1 heterocycles. The van der Waals surface area contributed by atoms with E-state index in [1.165, 1.54) is 51.4 Å². The van der Waals surface area contributed by atoms with Gasteiger partial charge in [-0.2, -0.15) is 0 Å². The highest BCUT2D eigenvalue weighted by atomic mass is 16.5. The number of piperazine rings is 1. The minimum absolute atomic E-state index is 0.257. The van der Waals surface area contributed by atoms with Gasteiger partial charge in [-0.05, 0) is 30.5 Å². The van der Waals surface area contributed by atoms with Gasteiger partial charge in [-0.3, -0.25) is 9.80 Å². The Morgan fingerprint density at radius 2 is 1.91 bits per heavy atom. The van der Waals surface area contributed by atoms with E-state index < -0.39 is 0 Å². The van der Waals surface area contributed by atoms with Crippen molar-refractivity contribution >= 4 is 5.97 Å². The van der Waals surface area contributed by atoms with Gasteiger partial charge >= 0.3 is 5.97 Å². The van der Waals surface area contributed by atoms with E-state index in [9.17, 15) is 4.79 Å². The Balaban J connectivity index is 1.53. The van der Waals surface area contributed by atoms with Gasteiger partial charge in [0.1, 0.15) is 0 Å². The van der Waals surface area contributed by atoms with Crippen LogP contribution < -0.4 is 0 Å². The van der Waals surface area contributed by atoms with Crippen molar-refractivity contribution in [3.8, 4) is 0 Å². The Hall–Kier alpha value is -1.39. The molecular weight excluding hydrogens is 276 g/mol. The first-order chi connectivity index (χ1) is 10.8. The monoisotopic (exact) mass is 302 g/mol. The van der Waals surface area contributed by atoms with Crippen molar-refractivity contribution in [1.82, 2.24) is 9.80 Å². The number of nitrogens with zero attached hydrogens (tertiary/aromatic N) is 2. The molecule has 0 atom stereocenters. The highest BCUT2D eigenvalue weighted by Gasteiger charge is 2.26. The van der Waals surface area contributed by atoms with Crippen molar-refractivity contribution in [3.63, 3.8) is 0 Å². The van der Waals surface area contributed by atoms with Gasteiger partial charge in [0.25, 0.3) is 0 Å². The number of esters is 1. The maximum Gasteiger partial charge on any atom is 0.337 e. The third-order valence-electron chi connectivity index (χ3n) is 5.00. The van der Waals surface area contributed by atoms with Crippen LogP contribution in [0.15, 0.2) is 24.3 Å². The van der Waals surface area contributed by atoms with Crippen LogP contribution in [0.25, 0.3) is 0 Å². The molecule has 1 aromatic rings. The van der Waals surface area contributed by atoms with Crippen molar-refractivity contribution in [2.45, 2.75) is 38.3 Å². The highest BCUT2D eigenvalue weighted by Crippen LogP contribution is 2.24. The second-order valence-corrected chi connectivity index (χ2v) is 6.44. The molecule has 22 heavy (non-hydrogen) atoms. The fourth-order valence-corrected chi connectivity index (χ4v) is 3.73. The molecule has 1 saturated heterocycles. The fourth-order valence-electron chi connectivity index (χ4n) is 3.73. The topological polar surface area (TPSA) is 32.8 Å². The maximum atomic E-state index is 11.6. The number of carbonyl (C=O) groups is 1. The first-order valence-electron chi connectivity index (χ1n) is 8.40. The zero-order chi connectivity index (χ0) is 15.4. The summed E-state index contributed by atoms with van der Waals surface area (Å²) < 4.78 is 4.79. The molecule has 2 fully saturated rings. The summed E-state index contributed by atoms with van der Waals surface area (Å²) in [7, 11) is 1.43. The lowest BCUT2D eigenvalue weighted by atomic mass is 10.1. The second kappa shape index (κ2) is 7.25. The van der Waals surface area contributed by atoms with E-state index in [2.05, 4.69) is 15.9 Å². The molecule has 0 N–H and O–H groups in total. The van der Waals surface area contributed by atoms with Gasteiger partial charge in [0.05, 0.1) is 12.7 Å². The third-order valence-corrected chi connectivity index (χ3v) is 5.00. The molecular formula is C18H26N2O2. The van der Waals surface area contributed by atoms with Gasteiger partial charge < -0.3 is 4.74 Å². The standard InChI is InChI=1S/C18H26N2O2/c1-22-18(21)16-6-4-5-15(13-16)14-19-9-11-20(12-10-19)17-7-2-3-8-17/h4-6,13,17H,2-3,7-12,14H2,1H3. The van der Waals surface area contributed by atoms with Crippen LogP contribution in [0.4, 0.5) is 0 Å².